The lowest BCUT2D eigenvalue weighted by molar-refractivity contribution is 0.226. The highest BCUT2D eigenvalue weighted by Crippen LogP contribution is 2.26. The van der Waals surface area contributed by atoms with E-state index in [0.717, 1.165) is 0 Å². The average Bonchev–Trinajstić information content (AvgIpc) is 2.99. The van der Waals surface area contributed by atoms with E-state index in [1.54, 1.807) is 6.07 Å². The van der Waals surface area contributed by atoms with Crippen LogP contribution in [0.1, 0.15) is 11.3 Å². The Morgan fingerprint density at radius 2 is 2.17 bits per heavy atom. The number of fused-ring (bicyclic) bond motifs is 2. The highest BCUT2D eigenvalue weighted by molar-refractivity contribution is 6.11. The van der Waals surface area contributed by atoms with Gasteiger partial charge in [0.15, 0.2) is 5.52 Å². The molecule has 2 aromatic rings. The fourth-order valence-corrected chi connectivity index (χ4v) is 2.27. The zero-order chi connectivity index (χ0) is 16.6. The van der Waals surface area contributed by atoms with Crippen LogP contribution in [0.4, 0.5) is 14.5 Å². The molecule has 1 aliphatic heterocycles. The van der Waals surface area contributed by atoms with Gasteiger partial charge in [0.05, 0.1) is 17.0 Å². The first-order chi connectivity index (χ1) is 11.0. The summed E-state index contributed by atoms with van der Waals surface area (Å²) in [5.41, 5.74) is 6.44. The summed E-state index contributed by atoms with van der Waals surface area (Å²) >= 11 is 0. The Morgan fingerprint density at radius 3 is 2.87 bits per heavy atom. The van der Waals surface area contributed by atoms with E-state index in [1.165, 1.54) is 6.08 Å². The Morgan fingerprint density at radius 1 is 1.39 bits per heavy atom. The van der Waals surface area contributed by atoms with Crippen molar-refractivity contribution in [3.05, 3.63) is 22.9 Å². The third kappa shape index (κ3) is 2.52. The first-order valence-corrected chi connectivity index (χ1v) is 6.45. The van der Waals surface area contributed by atoms with Gasteiger partial charge in [-0.2, -0.15) is 5.26 Å². The Kier molecular flexibility index (Phi) is 3.53. The normalized spacial score (nSPS) is 15.3. The zero-order valence-electron chi connectivity index (χ0n) is 11.5. The number of pyridine rings is 1. The summed E-state index contributed by atoms with van der Waals surface area (Å²) in [5, 5.41) is 24.1. The summed E-state index contributed by atoms with van der Waals surface area (Å²) in [6, 6.07) is 1.68. The second kappa shape index (κ2) is 5.53. The number of aromatic nitrogens is 3. The number of nitrogen functional groups attached to an aromatic ring is 1. The number of nitrogens with one attached hydrogen (secondary N) is 1. The molecule has 0 radical (unpaired) electrons. The first kappa shape index (κ1) is 14.7. The van der Waals surface area contributed by atoms with Crippen molar-refractivity contribution in [1.29, 1.82) is 10.7 Å². The number of anilines is 1. The molecule has 3 rings (SSSR count). The molecule has 0 bridgehead atoms. The highest BCUT2D eigenvalue weighted by Gasteiger charge is 2.23. The molecule has 0 atom stereocenters. The molecule has 10 heteroatoms. The van der Waals surface area contributed by atoms with Crippen molar-refractivity contribution < 1.29 is 13.4 Å². The van der Waals surface area contributed by atoms with Gasteiger partial charge in [-0.3, -0.25) is 5.41 Å². The van der Waals surface area contributed by atoms with Crippen molar-refractivity contribution in [2.24, 2.45) is 4.99 Å². The lowest BCUT2D eigenvalue weighted by Crippen LogP contribution is -2.15. The van der Waals surface area contributed by atoms with Crippen LogP contribution in [0.5, 0.6) is 0 Å². The molecule has 0 fully saturated rings. The monoisotopic (exact) mass is 317 g/mol. The second-order valence-electron chi connectivity index (χ2n) is 4.74. The van der Waals surface area contributed by atoms with Crippen LogP contribution in [0.25, 0.3) is 11.2 Å². The molecule has 0 unspecified atom stereocenters. The number of aliphatic imine (C=N–C) groups is 1. The summed E-state index contributed by atoms with van der Waals surface area (Å²) in [4.78, 5) is 7.79. The molecule has 2 aromatic heterocycles. The number of hydrogen-bond acceptors (Lipinski definition) is 7. The third-order valence-electron chi connectivity index (χ3n) is 3.34. The van der Waals surface area contributed by atoms with E-state index in [1.807, 2.05) is 0 Å². The van der Waals surface area contributed by atoms with Gasteiger partial charge in [-0.15, -0.1) is 0 Å². The quantitative estimate of drug-likeness (QED) is 0.816. The predicted octanol–water partition coefficient (Wildman–Crippen LogP) is 1.43. The molecule has 116 valence electrons. The smallest absolute Gasteiger partial charge is 0.281 e. The fraction of sp³-hybridized carbons (Fsp3) is 0.231. The van der Waals surface area contributed by atoms with Gasteiger partial charge in [-0.25, -0.2) is 23.4 Å². The number of nitriles is 1. The molecule has 1 aliphatic rings. The van der Waals surface area contributed by atoms with Gasteiger partial charge in [-0.1, -0.05) is 6.08 Å². The molecule has 3 N–H and O–H groups in total. The number of allylic oxidation sites excluding steroid dienone is 2. The van der Waals surface area contributed by atoms with E-state index in [-0.39, 0.29) is 41.1 Å². The maximum absolute atomic E-state index is 13.1. The molecule has 23 heavy (non-hydrogen) atoms. The van der Waals surface area contributed by atoms with Crippen molar-refractivity contribution in [2.45, 2.75) is 19.3 Å². The van der Waals surface area contributed by atoms with Gasteiger partial charge >= 0.3 is 0 Å². The van der Waals surface area contributed by atoms with Crippen LogP contribution in [-0.2, 0) is 12.8 Å². The highest BCUT2D eigenvalue weighted by atomic mass is 19.3. The van der Waals surface area contributed by atoms with Crippen LogP contribution >= 0.6 is 0 Å². The van der Waals surface area contributed by atoms with Crippen LogP contribution in [0, 0.1) is 16.7 Å². The van der Waals surface area contributed by atoms with Gasteiger partial charge < -0.3 is 5.73 Å². The fourth-order valence-electron chi connectivity index (χ4n) is 2.27. The molecule has 0 saturated heterocycles. The average molecular weight is 317 g/mol. The summed E-state index contributed by atoms with van der Waals surface area (Å²) in [6.07, 6.45) is -1.71. The van der Waals surface area contributed by atoms with E-state index in [2.05, 4.69) is 24.9 Å². The van der Waals surface area contributed by atoms with E-state index < -0.39 is 12.1 Å². The van der Waals surface area contributed by atoms with Crippen LogP contribution in [0.2, 0.25) is 0 Å². The Balaban J connectivity index is 2.20. The lowest BCUT2D eigenvalue weighted by Gasteiger charge is -2.08. The van der Waals surface area contributed by atoms with Crippen LogP contribution in [0.3, 0.4) is 0 Å². The molecular formula is C13H9F2N7O. The van der Waals surface area contributed by atoms with Crippen molar-refractivity contribution in [3.63, 3.8) is 0 Å². The number of rotatable bonds is 1. The van der Waals surface area contributed by atoms with E-state index in [9.17, 15) is 8.78 Å². The van der Waals surface area contributed by atoms with Crippen molar-refractivity contribution in [1.82, 2.24) is 15.3 Å². The Bertz CT molecular complexity index is 907. The zero-order valence-corrected chi connectivity index (χ0v) is 11.5. The molecular weight excluding hydrogens is 308 g/mol. The summed E-state index contributed by atoms with van der Waals surface area (Å²) < 4.78 is 30.7. The van der Waals surface area contributed by atoms with Gasteiger partial charge in [0.1, 0.15) is 17.6 Å². The van der Waals surface area contributed by atoms with Gasteiger partial charge in [0.25, 0.3) is 6.43 Å². The summed E-state index contributed by atoms with van der Waals surface area (Å²) in [6.45, 7) is 0. The minimum absolute atomic E-state index is 0.0737. The minimum atomic E-state index is -2.96. The van der Waals surface area contributed by atoms with Crippen molar-refractivity contribution in [2.75, 3.05) is 5.73 Å². The largest absolute Gasteiger partial charge is 0.396 e. The van der Waals surface area contributed by atoms with Gasteiger partial charge in [0, 0.05) is 18.4 Å². The molecule has 0 amide bonds. The Hall–Kier alpha value is -3.22. The number of nitrogens with zero attached hydrogens (tertiary/aromatic N) is 5. The maximum atomic E-state index is 13.1. The van der Waals surface area contributed by atoms with Crippen molar-refractivity contribution >= 4 is 28.4 Å². The molecule has 8 nitrogen and oxygen atoms in total. The standard InChI is InChI=1S/C13H9F2N7O/c14-12(15)10-5(4-16)1-2-7-6(3-8(17)20-10)9(18)11-13(19-7)22-23-21-11/h1,12,17H,2-3,18H2. The molecule has 0 spiro atoms. The van der Waals surface area contributed by atoms with Gasteiger partial charge in [-0.05, 0) is 10.3 Å². The van der Waals surface area contributed by atoms with Crippen molar-refractivity contribution in [3.8, 4) is 6.07 Å². The van der Waals surface area contributed by atoms with Crippen LogP contribution < -0.4 is 5.73 Å². The topological polar surface area (TPSA) is 138 Å². The summed E-state index contributed by atoms with van der Waals surface area (Å²) in [7, 11) is 0. The number of hydrogen-bond donors (Lipinski definition) is 2. The summed E-state index contributed by atoms with van der Waals surface area (Å²) in [5.74, 6) is -0.353. The molecule has 0 aliphatic carbocycles. The molecule has 3 heterocycles. The number of amidine groups is 1. The van der Waals surface area contributed by atoms with Crippen LogP contribution in [-0.4, -0.2) is 33.3 Å². The maximum Gasteiger partial charge on any atom is 0.281 e. The van der Waals surface area contributed by atoms with Gasteiger partial charge in [0.2, 0.25) is 5.65 Å². The molecule has 0 saturated carbocycles. The van der Waals surface area contributed by atoms with E-state index in [4.69, 9.17) is 16.4 Å². The number of halogens is 2. The second-order valence-corrected chi connectivity index (χ2v) is 4.74. The van der Waals surface area contributed by atoms with E-state index in [0.29, 0.717) is 11.3 Å². The molecule has 0 aromatic carbocycles. The van der Waals surface area contributed by atoms with E-state index >= 15 is 0 Å². The number of nitrogens with two attached hydrogens (primary N) is 1. The predicted molar refractivity (Wildman–Crippen MR) is 76.3 cm³/mol. The third-order valence-corrected chi connectivity index (χ3v) is 3.34. The lowest BCUT2D eigenvalue weighted by atomic mass is 10.0. The Labute approximate surface area is 127 Å². The SMILES string of the molecule is N#CC1=CCc2nc3nonc3c(N)c2CC(=N)N=C1C(F)F. The minimum Gasteiger partial charge on any atom is -0.396 e. The number of alkyl halides is 2. The first-order valence-electron chi connectivity index (χ1n) is 6.45. The van der Waals surface area contributed by atoms with Crippen LogP contribution in [0.15, 0.2) is 21.3 Å².